The highest BCUT2D eigenvalue weighted by Gasteiger charge is 2.26. The Morgan fingerprint density at radius 3 is 2.64 bits per heavy atom. The quantitative estimate of drug-likeness (QED) is 0.391. The lowest BCUT2D eigenvalue weighted by molar-refractivity contribution is -0.132. The van der Waals surface area contributed by atoms with Gasteiger partial charge >= 0.3 is 6.18 Å². The van der Waals surface area contributed by atoms with Gasteiger partial charge in [0.1, 0.15) is 12.2 Å². The number of guanidine groups is 1. The Labute approximate surface area is 145 Å². The van der Waals surface area contributed by atoms with Crippen molar-refractivity contribution in [3.8, 4) is 0 Å². The third-order valence-electron chi connectivity index (χ3n) is 2.67. The van der Waals surface area contributed by atoms with E-state index in [9.17, 15) is 13.2 Å². The van der Waals surface area contributed by atoms with Gasteiger partial charge in [0.05, 0.1) is 13.0 Å². The maximum atomic E-state index is 12.1. The third kappa shape index (κ3) is 8.39. The molecule has 0 atom stereocenters. The summed E-state index contributed by atoms with van der Waals surface area (Å²) < 4.78 is 38.2. The molecule has 0 spiro atoms. The Morgan fingerprint density at radius 1 is 1.32 bits per heavy atom. The van der Waals surface area contributed by atoms with Gasteiger partial charge in [-0.05, 0) is 6.92 Å². The molecule has 0 aliphatic carbocycles. The van der Waals surface area contributed by atoms with Crippen molar-refractivity contribution in [3.05, 3.63) is 12.2 Å². The number of nitrogens with one attached hydrogen (secondary N) is 2. The van der Waals surface area contributed by atoms with Crippen molar-refractivity contribution in [1.82, 2.24) is 25.4 Å². The number of hydrogen-bond acceptors (Lipinski definition) is 3. The van der Waals surface area contributed by atoms with Gasteiger partial charge in [-0.25, -0.2) is 0 Å². The molecule has 0 aromatic carbocycles. The molecule has 1 heterocycles. The van der Waals surface area contributed by atoms with Gasteiger partial charge in [-0.3, -0.25) is 4.99 Å². The minimum Gasteiger partial charge on any atom is -0.357 e. The van der Waals surface area contributed by atoms with E-state index in [1.54, 1.807) is 6.33 Å². The van der Waals surface area contributed by atoms with Crippen molar-refractivity contribution in [2.75, 3.05) is 19.6 Å². The predicted molar refractivity (Wildman–Crippen MR) is 89.5 cm³/mol. The van der Waals surface area contributed by atoms with Crippen LogP contribution in [-0.4, -0.2) is 46.5 Å². The molecule has 0 aliphatic heterocycles. The molecule has 1 aromatic rings. The predicted octanol–water partition coefficient (Wildman–Crippen LogP) is 1.97. The zero-order valence-corrected chi connectivity index (χ0v) is 15.0. The van der Waals surface area contributed by atoms with Gasteiger partial charge in [0.2, 0.25) is 0 Å². The minimum absolute atomic E-state index is 0. The number of rotatable bonds is 7. The molecule has 0 radical (unpaired) electrons. The van der Waals surface area contributed by atoms with Gasteiger partial charge in [0, 0.05) is 26.1 Å². The van der Waals surface area contributed by atoms with E-state index in [4.69, 9.17) is 0 Å². The number of aromatic nitrogens is 3. The van der Waals surface area contributed by atoms with Crippen LogP contribution in [0.1, 0.15) is 26.1 Å². The lowest BCUT2D eigenvalue weighted by Gasteiger charge is -2.12. The van der Waals surface area contributed by atoms with Crippen LogP contribution in [0.25, 0.3) is 0 Å². The number of halogens is 4. The standard InChI is InChI=1S/C12H21F3N6.HI/c1-3-10-20-19-9-21(10)8-7-18-11(16-4-2)17-6-5-12(13,14)15;/h9H,3-8H2,1-2H3,(H2,16,17,18);1H. The lowest BCUT2D eigenvalue weighted by atomic mass is 10.4. The Balaban J connectivity index is 0.00000441. The summed E-state index contributed by atoms with van der Waals surface area (Å²) in [5.41, 5.74) is 0. The van der Waals surface area contributed by atoms with Crippen LogP contribution in [0.5, 0.6) is 0 Å². The van der Waals surface area contributed by atoms with Gasteiger partial charge in [0.25, 0.3) is 0 Å². The normalized spacial score (nSPS) is 12.0. The fraction of sp³-hybridized carbons (Fsp3) is 0.750. The Bertz CT molecular complexity index is 446. The summed E-state index contributed by atoms with van der Waals surface area (Å²) in [6.45, 7) is 5.30. The molecule has 0 saturated carbocycles. The van der Waals surface area contributed by atoms with E-state index in [0.717, 1.165) is 12.2 Å². The van der Waals surface area contributed by atoms with Gasteiger partial charge < -0.3 is 15.2 Å². The van der Waals surface area contributed by atoms with E-state index in [2.05, 4.69) is 25.8 Å². The Morgan fingerprint density at radius 2 is 2.05 bits per heavy atom. The minimum atomic E-state index is -4.18. The maximum absolute atomic E-state index is 12.1. The van der Waals surface area contributed by atoms with Crippen molar-refractivity contribution >= 4 is 29.9 Å². The van der Waals surface area contributed by atoms with Crippen LogP contribution >= 0.6 is 24.0 Å². The van der Waals surface area contributed by atoms with Crippen LogP contribution < -0.4 is 10.6 Å². The number of aryl methyl sites for hydroxylation is 1. The lowest BCUT2D eigenvalue weighted by Crippen LogP contribution is -2.39. The Hall–Kier alpha value is -1.07. The first-order valence-electron chi connectivity index (χ1n) is 6.92. The van der Waals surface area contributed by atoms with Crippen LogP contribution in [0.15, 0.2) is 11.3 Å². The molecule has 0 fully saturated rings. The molecule has 0 amide bonds. The summed E-state index contributed by atoms with van der Waals surface area (Å²) in [6.07, 6.45) is -2.69. The average molecular weight is 434 g/mol. The van der Waals surface area contributed by atoms with Crippen LogP contribution in [0.3, 0.4) is 0 Å². The second-order valence-electron chi connectivity index (χ2n) is 4.35. The van der Waals surface area contributed by atoms with Crippen LogP contribution in [-0.2, 0) is 13.0 Å². The van der Waals surface area contributed by atoms with E-state index in [1.807, 2.05) is 18.4 Å². The molecule has 10 heteroatoms. The van der Waals surface area contributed by atoms with Crippen LogP contribution in [0, 0.1) is 0 Å². The summed E-state index contributed by atoms with van der Waals surface area (Å²) >= 11 is 0. The monoisotopic (exact) mass is 434 g/mol. The molecule has 1 rings (SSSR count). The highest BCUT2D eigenvalue weighted by molar-refractivity contribution is 14.0. The summed E-state index contributed by atoms with van der Waals surface area (Å²) in [5.74, 6) is 1.25. The van der Waals surface area contributed by atoms with Crippen LogP contribution in [0.2, 0.25) is 0 Å². The van der Waals surface area contributed by atoms with Gasteiger partial charge in [0.15, 0.2) is 5.96 Å². The SMILES string of the molecule is CCNC(=NCCC(F)(F)F)NCCn1cnnc1CC.I. The fourth-order valence-electron chi connectivity index (χ4n) is 1.67. The summed E-state index contributed by atoms with van der Waals surface area (Å²) in [7, 11) is 0. The van der Waals surface area contributed by atoms with Crippen molar-refractivity contribution < 1.29 is 13.2 Å². The molecular formula is C12H22F3IN6. The molecular weight excluding hydrogens is 412 g/mol. The zero-order chi connectivity index (χ0) is 15.7. The zero-order valence-electron chi connectivity index (χ0n) is 12.7. The van der Waals surface area contributed by atoms with E-state index in [0.29, 0.717) is 25.6 Å². The largest absolute Gasteiger partial charge is 0.390 e. The van der Waals surface area contributed by atoms with Gasteiger partial charge in [-0.2, -0.15) is 13.2 Å². The molecule has 0 saturated heterocycles. The molecule has 128 valence electrons. The first kappa shape index (κ1) is 20.9. The molecule has 1 aromatic heterocycles. The number of alkyl halides is 3. The summed E-state index contributed by atoms with van der Waals surface area (Å²) in [5, 5.41) is 13.7. The van der Waals surface area contributed by atoms with Gasteiger partial charge in [-0.1, -0.05) is 6.92 Å². The highest BCUT2D eigenvalue weighted by atomic mass is 127. The molecule has 6 nitrogen and oxygen atoms in total. The van der Waals surface area contributed by atoms with E-state index >= 15 is 0 Å². The fourth-order valence-corrected chi connectivity index (χ4v) is 1.67. The number of aliphatic imine (C=N–C) groups is 1. The van der Waals surface area contributed by atoms with Crippen molar-refractivity contribution in [3.63, 3.8) is 0 Å². The first-order valence-corrected chi connectivity index (χ1v) is 6.92. The molecule has 0 aliphatic rings. The number of hydrogen-bond donors (Lipinski definition) is 2. The molecule has 0 unspecified atom stereocenters. The highest BCUT2D eigenvalue weighted by Crippen LogP contribution is 2.18. The third-order valence-corrected chi connectivity index (χ3v) is 2.67. The Kier molecular flexibility index (Phi) is 10.1. The van der Waals surface area contributed by atoms with Crippen molar-refractivity contribution in [1.29, 1.82) is 0 Å². The van der Waals surface area contributed by atoms with Crippen LogP contribution in [0.4, 0.5) is 13.2 Å². The summed E-state index contributed by atoms with van der Waals surface area (Å²) in [4.78, 5) is 3.89. The molecule has 2 N–H and O–H groups in total. The van der Waals surface area contributed by atoms with E-state index in [-0.39, 0.29) is 30.5 Å². The topological polar surface area (TPSA) is 67.1 Å². The van der Waals surface area contributed by atoms with Crippen molar-refractivity contribution in [2.45, 2.75) is 39.4 Å². The second kappa shape index (κ2) is 10.6. The smallest absolute Gasteiger partial charge is 0.357 e. The molecule has 22 heavy (non-hydrogen) atoms. The van der Waals surface area contributed by atoms with E-state index in [1.165, 1.54) is 0 Å². The van der Waals surface area contributed by atoms with Gasteiger partial charge in [-0.15, -0.1) is 34.2 Å². The second-order valence-corrected chi connectivity index (χ2v) is 4.35. The maximum Gasteiger partial charge on any atom is 0.390 e. The van der Waals surface area contributed by atoms with E-state index < -0.39 is 12.6 Å². The number of nitrogens with zero attached hydrogens (tertiary/aromatic N) is 4. The summed E-state index contributed by atoms with van der Waals surface area (Å²) in [6, 6.07) is 0. The molecule has 0 bridgehead atoms. The first-order chi connectivity index (χ1) is 9.96. The average Bonchev–Trinajstić information content (AvgIpc) is 2.84. The van der Waals surface area contributed by atoms with Crippen molar-refractivity contribution in [2.24, 2.45) is 4.99 Å².